The van der Waals surface area contributed by atoms with Crippen molar-refractivity contribution in [1.29, 1.82) is 0 Å². The minimum Gasteiger partial charge on any atom is -0.484 e. The Hall–Kier alpha value is -2.42. The number of hydrogen-bond donors (Lipinski definition) is 2. The van der Waals surface area contributed by atoms with Crippen molar-refractivity contribution in [2.45, 2.75) is 31.2 Å². The van der Waals surface area contributed by atoms with Crippen LogP contribution in [-0.4, -0.2) is 40.7 Å². The second-order valence-electron chi connectivity index (χ2n) is 6.34. The van der Waals surface area contributed by atoms with Crippen LogP contribution in [0.4, 0.5) is 5.69 Å². The number of hydrogen-bond acceptors (Lipinski definition) is 5. The first-order valence-electron chi connectivity index (χ1n) is 8.97. The summed E-state index contributed by atoms with van der Waals surface area (Å²) in [6.07, 6.45) is 0.887. The topological polar surface area (TPSA) is 93.7 Å². The molecule has 0 aliphatic rings. The maximum Gasteiger partial charge on any atom is 0.262 e. The van der Waals surface area contributed by atoms with Gasteiger partial charge in [-0.15, -0.1) is 0 Å². The highest BCUT2D eigenvalue weighted by Gasteiger charge is 2.17. The van der Waals surface area contributed by atoms with E-state index in [0.717, 1.165) is 12.0 Å². The molecule has 2 aromatic carbocycles. The van der Waals surface area contributed by atoms with Gasteiger partial charge in [0.05, 0.1) is 11.5 Å². The molecule has 0 saturated carbocycles. The lowest BCUT2D eigenvalue weighted by atomic mass is 10.2. The van der Waals surface area contributed by atoms with E-state index in [1.54, 1.807) is 13.0 Å². The summed E-state index contributed by atoms with van der Waals surface area (Å²) >= 11 is 0. The molecule has 1 atom stereocenters. The van der Waals surface area contributed by atoms with Crippen LogP contribution in [-0.2, 0) is 26.0 Å². The molecule has 0 spiro atoms. The monoisotopic (exact) mass is 406 g/mol. The van der Waals surface area contributed by atoms with Crippen molar-refractivity contribution in [1.82, 2.24) is 4.72 Å². The van der Waals surface area contributed by atoms with Gasteiger partial charge in [-0.3, -0.25) is 4.79 Å². The zero-order valence-corrected chi connectivity index (χ0v) is 17.1. The molecular formula is C20H26N2O5S. The lowest BCUT2D eigenvalue weighted by Gasteiger charge is -2.13. The van der Waals surface area contributed by atoms with Crippen molar-refractivity contribution >= 4 is 21.6 Å². The Morgan fingerprint density at radius 2 is 1.86 bits per heavy atom. The van der Waals surface area contributed by atoms with E-state index in [1.807, 2.05) is 25.1 Å². The van der Waals surface area contributed by atoms with Gasteiger partial charge in [0.15, 0.2) is 6.61 Å². The largest absolute Gasteiger partial charge is 0.484 e. The Balaban J connectivity index is 1.91. The van der Waals surface area contributed by atoms with Gasteiger partial charge in [-0.1, -0.05) is 19.1 Å². The van der Waals surface area contributed by atoms with Crippen LogP contribution in [0.15, 0.2) is 53.4 Å². The van der Waals surface area contributed by atoms with Crippen LogP contribution in [0.25, 0.3) is 0 Å². The Labute approximate surface area is 166 Å². The molecule has 2 N–H and O–H groups in total. The van der Waals surface area contributed by atoms with Gasteiger partial charge < -0.3 is 14.8 Å². The lowest BCUT2D eigenvalue weighted by molar-refractivity contribution is -0.118. The van der Waals surface area contributed by atoms with Crippen LogP contribution in [0.5, 0.6) is 5.75 Å². The van der Waals surface area contributed by atoms with E-state index in [0.29, 0.717) is 11.4 Å². The fraction of sp³-hybridized carbons (Fsp3) is 0.350. The number of nitrogens with one attached hydrogen (secondary N) is 2. The molecule has 0 aromatic heterocycles. The average molecular weight is 407 g/mol. The first-order chi connectivity index (χ1) is 13.3. The van der Waals surface area contributed by atoms with Crippen molar-refractivity contribution in [3.05, 3.63) is 54.1 Å². The number of sulfonamides is 1. The SMILES string of the molecule is CCc1cccc(OCC(=O)Nc2ccc(S(=O)(=O)N[C@H](C)COC)cc2)c1. The van der Waals surface area contributed by atoms with E-state index in [4.69, 9.17) is 9.47 Å². The van der Waals surface area contributed by atoms with Crippen molar-refractivity contribution in [2.75, 3.05) is 25.6 Å². The van der Waals surface area contributed by atoms with Crippen molar-refractivity contribution in [3.8, 4) is 5.75 Å². The zero-order chi connectivity index (χ0) is 20.6. The predicted octanol–water partition coefficient (Wildman–Crippen LogP) is 2.58. The number of carbonyl (C=O) groups is 1. The average Bonchev–Trinajstić information content (AvgIpc) is 2.67. The van der Waals surface area contributed by atoms with Crippen molar-refractivity contribution < 1.29 is 22.7 Å². The Kier molecular flexibility index (Phi) is 7.98. The number of anilines is 1. The van der Waals surface area contributed by atoms with E-state index in [2.05, 4.69) is 10.0 Å². The number of carbonyl (C=O) groups excluding carboxylic acids is 1. The third-order valence-electron chi connectivity index (χ3n) is 3.90. The van der Waals surface area contributed by atoms with Crippen LogP contribution in [0, 0.1) is 0 Å². The molecule has 0 aliphatic carbocycles. The summed E-state index contributed by atoms with van der Waals surface area (Å²) in [5.74, 6) is 0.302. The van der Waals surface area contributed by atoms with E-state index >= 15 is 0 Å². The van der Waals surface area contributed by atoms with Crippen LogP contribution in [0.3, 0.4) is 0 Å². The highest BCUT2D eigenvalue weighted by Crippen LogP contribution is 2.16. The second kappa shape index (κ2) is 10.2. The molecule has 28 heavy (non-hydrogen) atoms. The molecule has 0 heterocycles. The van der Waals surface area contributed by atoms with Crippen LogP contribution in [0.1, 0.15) is 19.4 Å². The van der Waals surface area contributed by atoms with Crippen molar-refractivity contribution in [2.24, 2.45) is 0 Å². The molecule has 2 aromatic rings. The highest BCUT2D eigenvalue weighted by atomic mass is 32.2. The van der Waals surface area contributed by atoms with Gasteiger partial charge in [0.1, 0.15) is 5.75 Å². The molecule has 152 valence electrons. The van der Waals surface area contributed by atoms with Gasteiger partial charge in [0, 0.05) is 18.8 Å². The van der Waals surface area contributed by atoms with Crippen LogP contribution in [0.2, 0.25) is 0 Å². The minimum absolute atomic E-state index is 0.112. The molecule has 0 radical (unpaired) electrons. The first kappa shape index (κ1) is 21.9. The molecular weight excluding hydrogens is 380 g/mol. The minimum atomic E-state index is -3.65. The van der Waals surface area contributed by atoms with E-state index in [1.165, 1.54) is 31.4 Å². The van der Waals surface area contributed by atoms with Gasteiger partial charge in [0.25, 0.3) is 5.91 Å². The smallest absolute Gasteiger partial charge is 0.262 e. The Bertz CT molecular complexity index is 882. The maximum atomic E-state index is 12.3. The molecule has 0 unspecified atom stereocenters. The number of benzene rings is 2. The Morgan fingerprint density at radius 1 is 1.14 bits per heavy atom. The molecule has 1 amide bonds. The fourth-order valence-electron chi connectivity index (χ4n) is 2.54. The summed E-state index contributed by atoms with van der Waals surface area (Å²) in [6.45, 7) is 3.90. The van der Waals surface area contributed by atoms with E-state index in [-0.39, 0.29) is 30.1 Å². The molecule has 8 heteroatoms. The molecule has 0 aliphatic heterocycles. The number of ether oxygens (including phenoxy) is 2. The van der Waals surface area contributed by atoms with E-state index in [9.17, 15) is 13.2 Å². The molecule has 7 nitrogen and oxygen atoms in total. The maximum absolute atomic E-state index is 12.3. The number of rotatable bonds is 10. The second-order valence-corrected chi connectivity index (χ2v) is 8.05. The van der Waals surface area contributed by atoms with Gasteiger partial charge >= 0.3 is 0 Å². The molecule has 0 saturated heterocycles. The van der Waals surface area contributed by atoms with Gasteiger partial charge in [0.2, 0.25) is 10.0 Å². The summed E-state index contributed by atoms with van der Waals surface area (Å²) in [7, 11) is -2.14. The number of methoxy groups -OCH3 is 1. The number of aryl methyl sites for hydroxylation is 1. The van der Waals surface area contributed by atoms with Gasteiger partial charge in [-0.05, 0) is 55.3 Å². The third-order valence-corrected chi connectivity index (χ3v) is 5.50. The Morgan fingerprint density at radius 3 is 2.50 bits per heavy atom. The van der Waals surface area contributed by atoms with Gasteiger partial charge in [-0.25, -0.2) is 13.1 Å². The molecule has 2 rings (SSSR count). The summed E-state index contributed by atoms with van der Waals surface area (Å²) < 4.78 is 37.5. The van der Waals surface area contributed by atoms with E-state index < -0.39 is 10.0 Å². The summed E-state index contributed by atoms with van der Waals surface area (Å²) in [6, 6.07) is 13.1. The molecule has 0 fully saturated rings. The highest BCUT2D eigenvalue weighted by molar-refractivity contribution is 7.89. The lowest BCUT2D eigenvalue weighted by Crippen LogP contribution is -2.35. The predicted molar refractivity (Wildman–Crippen MR) is 108 cm³/mol. The normalized spacial score (nSPS) is 12.4. The van der Waals surface area contributed by atoms with Gasteiger partial charge in [-0.2, -0.15) is 0 Å². The zero-order valence-electron chi connectivity index (χ0n) is 16.3. The summed E-state index contributed by atoms with van der Waals surface area (Å²) in [5, 5.41) is 2.68. The summed E-state index contributed by atoms with van der Waals surface area (Å²) in [5.41, 5.74) is 1.61. The van der Waals surface area contributed by atoms with Crippen LogP contribution >= 0.6 is 0 Å². The van der Waals surface area contributed by atoms with Crippen molar-refractivity contribution in [3.63, 3.8) is 0 Å². The third kappa shape index (κ3) is 6.63. The molecule has 0 bridgehead atoms. The summed E-state index contributed by atoms with van der Waals surface area (Å²) in [4.78, 5) is 12.2. The number of amides is 1. The quantitative estimate of drug-likeness (QED) is 0.633. The standard InChI is InChI=1S/C20H26N2O5S/c1-4-16-6-5-7-18(12-16)27-14-20(23)21-17-8-10-19(11-9-17)28(24,25)22-15(2)13-26-3/h5-12,15,22H,4,13-14H2,1-3H3,(H,21,23)/t15-/m1/s1. The first-order valence-corrected chi connectivity index (χ1v) is 10.4. The fourth-order valence-corrected chi connectivity index (χ4v) is 3.76. The van der Waals surface area contributed by atoms with Crippen LogP contribution < -0.4 is 14.8 Å².